The minimum atomic E-state index is 0.901. The summed E-state index contributed by atoms with van der Waals surface area (Å²) in [6, 6.07) is 8.30. The zero-order valence-corrected chi connectivity index (χ0v) is 8.85. The first-order valence-corrected chi connectivity index (χ1v) is 5.07. The van der Waals surface area contributed by atoms with Crippen molar-refractivity contribution in [2.45, 2.75) is 13.1 Å². The van der Waals surface area contributed by atoms with Crippen LogP contribution in [0.2, 0.25) is 0 Å². The van der Waals surface area contributed by atoms with Gasteiger partial charge in [-0.25, -0.2) is 0 Å². The first-order chi connectivity index (χ1) is 7.40. The van der Waals surface area contributed by atoms with E-state index in [1.165, 1.54) is 11.3 Å². The zero-order chi connectivity index (χ0) is 10.5. The van der Waals surface area contributed by atoms with E-state index in [0.29, 0.717) is 0 Å². The van der Waals surface area contributed by atoms with Crippen molar-refractivity contribution < 1.29 is 0 Å². The largest absolute Gasteiger partial charge is 0.346 e. The maximum Gasteiger partial charge on any atom is 0.0474 e. The smallest absolute Gasteiger partial charge is 0.0474 e. The van der Waals surface area contributed by atoms with Gasteiger partial charge < -0.3 is 9.88 Å². The fourth-order valence-electron chi connectivity index (χ4n) is 1.63. The molecule has 0 aliphatic heterocycles. The first-order valence-electron chi connectivity index (χ1n) is 5.07. The third-order valence-electron chi connectivity index (χ3n) is 2.38. The van der Waals surface area contributed by atoms with E-state index in [1.807, 2.05) is 31.6 Å². The van der Waals surface area contributed by atoms with Crippen molar-refractivity contribution in [3.8, 4) is 0 Å². The van der Waals surface area contributed by atoms with Crippen molar-refractivity contribution in [2.75, 3.05) is 7.05 Å². The van der Waals surface area contributed by atoms with Gasteiger partial charge in [0.2, 0.25) is 0 Å². The minimum Gasteiger partial charge on any atom is -0.346 e. The second-order valence-corrected chi connectivity index (χ2v) is 3.51. The zero-order valence-electron chi connectivity index (χ0n) is 8.85. The molecule has 0 unspecified atom stereocenters. The van der Waals surface area contributed by atoms with Crippen molar-refractivity contribution in [3.63, 3.8) is 0 Å². The van der Waals surface area contributed by atoms with Crippen LogP contribution < -0.4 is 5.32 Å². The molecular formula is C12H15N3. The van der Waals surface area contributed by atoms with Gasteiger partial charge in [0.15, 0.2) is 0 Å². The van der Waals surface area contributed by atoms with Gasteiger partial charge in [-0.2, -0.15) is 0 Å². The van der Waals surface area contributed by atoms with Crippen molar-refractivity contribution in [1.82, 2.24) is 14.9 Å². The number of nitrogens with one attached hydrogen (secondary N) is 1. The van der Waals surface area contributed by atoms with Gasteiger partial charge in [0, 0.05) is 37.4 Å². The lowest BCUT2D eigenvalue weighted by Gasteiger charge is -2.08. The molecule has 3 heteroatoms. The van der Waals surface area contributed by atoms with Crippen molar-refractivity contribution in [2.24, 2.45) is 0 Å². The molecule has 2 heterocycles. The Hall–Kier alpha value is -1.61. The highest BCUT2D eigenvalue weighted by atomic mass is 15.0. The summed E-state index contributed by atoms with van der Waals surface area (Å²) in [5.41, 5.74) is 2.58. The Kier molecular flexibility index (Phi) is 3.15. The van der Waals surface area contributed by atoms with E-state index in [-0.39, 0.29) is 0 Å². The molecule has 2 rings (SSSR count). The summed E-state index contributed by atoms with van der Waals surface area (Å²) >= 11 is 0. The molecule has 2 aromatic heterocycles. The summed E-state index contributed by atoms with van der Waals surface area (Å²) in [6.07, 6.45) is 5.76. The Balaban J connectivity index is 2.14. The SMILES string of the molecule is CNCc1cccn1Cc1ccncc1. The number of aromatic nitrogens is 2. The molecule has 0 aliphatic rings. The minimum absolute atomic E-state index is 0.901. The van der Waals surface area contributed by atoms with Crippen molar-refractivity contribution in [3.05, 3.63) is 54.1 Å². The highest BCUT2D eigenvalue weighted by Crippen LogP contribution is 2.06. The van der Waals surface area contributed by atoms with Gasteiger partial charge in [-0.05, 0) is 36.9 Å². The molecule has 2 aromatic rings. The quantitative estimate of drug-likeness (QED) is 0.815. The Morgan fingerprint density at radius 1 is 1.27 bits per heavy atom. The van der Waals surface area contributed by atoms with Crippen LogP contribution >= 0.6 is 0 Å². The Morgan fingerprint density at radius 2 is 2.07 bits per heavy atom. The van der Waals surface area contributed by atoms with Crippen LogP contribution in [0.4, 0.5) is 0 Å². The number of pyridine rings is 1. The third-order valence-corrected chi connectivity index (χ3v) is 2.38. The maximum absolute atomic E-state index is 4.01. The highest BCUT2D eigenvalue weighted by Gasteiger charge is 1.99. The normalized spacial score (nSPS) is 10.5. The predicted molar refractivity (Wildman–Crippen MR) is 60.5 cm³/mol. The molecular weight excluding hydrogens is 186 g/mol. The van der Waals surface area contributed by atoms with Crippen LogP contribution in [-0.4, -0.2) is 16.6 Å². The number of nitrogens with zero attached hydrogens (tertiary/aromatic N) is 2. The van der Waals surface area contributed by atoms with Crippen LogP contribution in [0.5, 0.6) is 0 Å². The number of hydrogen-bond donors (Lipinski definition) is 1. The van der Waals surface area contributed by atoms with Crippen molar-refractivity contribution in [1.29, 1.82) is 0 Å². The highest BCUT2D eigenvalue weighted by molar-refractivity contribution is 5.14. The van der Waals surface area contributed by atoms with Crippen LogP contribution in [0, 0.1) is 0 Å². The first kappa shape index (κ1) is 9.93. The molecule has 0 bridgehead atoms. The van der Waals surface area contributed by atoms with Gasteiger partial charge in [-0.3, -0.25) is 4.98 Å². The van der Waals surface area contributed by atoms with E-state index < -0.39 is 0 Å². The molecule has 0 aromatic carbocycles. The topological polar surface area (TPSA) is 29.9 Å². The van der Waals surface area contributed by atoms with Gasteiger partial charge in [0.1, 0.15) is 0 Å². The van der Waals surface area contributed by atoms with Gasteiger partial charge in [-0.15, -0.1) is 0 Å². The summed E-state index contributed by atoms with van der Waals surface area (Å²) in [7, 11) is 1.96. The van der Waals surface area contributed by atoms with E-state index in [2.05, 4.69) is 33.2 Å². The monoisotopic (exact) mass is 201 g/mol. The molecule has 0 fully saturated rings. The van der Waals surface area contributed by atoms with Gasteiger partial charge in [-0.1, -0.05) is 0 Å². The lowest BCUT2D eigenvalue weighted by atomic mass is 10.2. The molecule has 0 amide bonds. The molecule has 78 valence electrons. The van der Waals surface area contributed by atoms with E-state index in [9.17, 15) is 0 Å². The predicted octanol–water partition coefficient (Wildman–Crippen LogP) is 1.65. The molecule has 0 atom stereocenters. The summed E-state index contributed by atoms with van der Waals surface area (Å²) in [5.74, 6) is 0. The van der Waals surface area contributed by atoms with E-state index >= 15 is 0 Å². The fourth-order valence-corrected chi connectivity index (χ4v) is 1.63. The molecule has 0 radical (unpaired) electrons. The van der Waals surface area contributed by atoms with E-state index in [1.54, 1.807) is 0 Å². The molecule has 0 spiro atoms. The Morgan fingerprint density at radius 3 is 2.80 bits per heavy atom. The lowest BCUT2D eigenvalue weighted by molar-refractivity contribution is 0.693. The van der Waals surface area contributed by atoms with Gasteiger partial charge in [0.05, 0.1) is 0 Å². The second-order valence-electron chi connectivity index (χ2n) is 3.51. The summed E-state index contributed by atoms with van der Waals surface area (Å²) in [6.45, 7) is 1.81. The molecule has 15 heavy (non-hydrogen) atoms. The fraction of sp³-hybridized carbons (Fsp3) is 0.250. The Labute approximate surface area is 89.8 Å². The second kappa shape index (κ2) is 4.75. The van der Waals surface area contributed by atoms with Gasteiger partial charge >= 0.3 is 0 Å². The van der Waals surface area contributed by atoms with Gasteiger partial charge in [0.25, 0.3) is 0 Å². The maximum atomic E-state index is 4.01. The molecule has 1 N–H and O–H groups in total. The average molecular weight is 201 g/mol. The average Bonchev–Trinajstić information content (AvgIpc) is 2.68. The molecule has 3 nitrogen and oxygen atoms in total. The summed E-state index contributed by atoms with van der Waals surface area (Å²) < 4.78 is 2.24. The third kappa shape index (κ3) is 2.44. The summed E-state index contributed by atoms with van der Waals surface area (Å²) in [4.78, 5) is 4.01. The Bertz CT molecular complexity index is 406. The van der Waals surface area contributed by atoms with E-state index in [0.717, 1.165) is 13.1 Å². The standard InChI is InChI=1S/C12H15N3/c1-13-9-12-3-2-8-15(12)10-11-4-6-14-7-5-11/h2-8,13H,9-10H2,1H3. The molecule has 0 saturated heterocycles. The van der Waals surface area contributed by atoms with Crippen molar-refractivity contribution >= 4 is 0 Å². The van der Waals surface area contributed by atoms with Crippen LogP contribution in [0.25, 0.3) is 0 Å². The van der Waals surface area contributed by atoms with E-state index in [4.69, 9.17) is 0 Å². The molecule has 0 saturated carbocycles. The summed E-state index contributed by atoms with van der Waals surface area (Å²) in [5, 5.41) is 3.16. The number of hydrogen-bond acceptors (Lipinski definition) is 2. The lowest BCUT2D eigenvalue weighted by Crippen LogP contribution is -2.11. The van der Waals surface area contributed by atoms with Crippen LogP contribution in [0.1, 0.15) is 11.3 Å². The van der Waals surface area contributed by atoms with Crippen LogP contribution in [0.3, 0.4) is 0 Å². The molecule has 0 aliphatic carbocycles. The van der Waals surface area contributed by atoms with Crippen LogP contribution in [-0.2, 0) is 13.1 Å². The number of rotatable bonds is 4. The van der Waals surface area contributed by atoms with Crippen LogP contribution in [0.15, 0.2) is 42.9 Å².